The maximum Gasteiger partial charge on any atom is 0.410 e. The van der Waals surface area contributed by atoms with Gasteiger partial charge in [-0.2, -0.15) is 0 Å². The van der Waals surface area contributed by atoms with Gasteiger partial charge < -0.3 is 19.7 Å². The van der Waals surface area contributed by atoms with Crippen molar-refractivity contribution in [3.8, 4) is 0 Å². The van der Waals surface area contributed by atoms with Crippen molar-refractivity contribution in [2.75, 3.05) is 19.7 Å². The van der Waals surface area contributed by atoms with Crippen LogP contribution < -0.4 is 5.32 Å². The number of rotatable bonds is 2. The zero-order valence-corrected chi connectivity index (χ0v) is 11.7. The Bertz CT molecular complexity index is 308. The third-order valence-electron chi connectivity index (χ3n) is 3.36. The van der Waals surface area contributed by atoms with Gasteiger partial charge in [-0.1, -0.05) is 0 Å². The zero-order chi connectivity index (χ0) is 13.3. The predicted molar refractivity (Wildman–Crippen MR) is 68.5 cm³/mol. The van der Waals surface area contributed by atoms with E-state index in [1.54, 1.807) is 4.90 Å². The summed E-state index contributed by atoms with van der Waals surface area (Å²) >= 11 is 0. The Morgan fingerprint density at radius 3 is 2.56 bits per heavy atom. The summed E-state index contributed by atoms with van der Waals surface area (Å²) in [4.78, 5) is 13.5. The van der Waals surface area contributed by atoms with Crippen LogP contribution in [0.5, 0.6) is 0 Å². The molecular weight excluding hydrogens is 232 g/mol. The van der Waals surface area contributed by atoms with E-state index in [0.29, 0.717) is 12.1 Å². The van der Waals surface area contributed by atoms with E-state index in [9.17, 15) is 4.79 Å². The summed E-state index contributed by atoms with van der Waals surface area (Å²) in [6.45, 7) is 10.1. The predicted octanol–water partition coefficient (Wildman–Crippen LogP) is 1.37. The molecule has 0 spiro atoms. The number of carbonyl (C=O) groups is 1. The lowest BCUT2D eigenvalue weighted by molar-refractivity contribution is 0.00300. The van der Waals surface area contributed by atoms with Gasteiger partial charge in [0.05, 0.1) is 6.10 Å². The van der Waals surface area contributed by atoms with E-state index in [1.807, 2.05) is 20.8 Å². The fourth-order valence-electron chi connectivity index (χ4n) is 2.31. The molecule has 0 saturated carbocycles. The van der Waals surface area contributed by atoms with Crippen molar-refractivity contribution >= 4 is 6.09 Å². The zero-order valence-electron chi connectivity index (χ0n) is 11.7. The molecule has 2 atom stereocenters. The van der Waals surface area contributed by atoms with Crippen LogP contribution in [0.3, 0.4) is 0 Å². The number of nitrogens with one attached hydrogen (secondary N) is 1. The average molecular weight is 256 g/mol. The van der Waals surface area contributed by atoms with Crippen molar-refractivity contribution in [2.45, 2.75) is 57.9 Å². The Hall–Kier alpha value is -0.810. The van der Waals surface area contributed by atoms with Crippen LogP contribution in [0.25, 0.3) is 0 Å². The summed E-state index contributed by atoms with van der Waals surface area (Å²) in [5.74, 6) is 0. The molecule has 2 aliphatic rings. The minimum Gasteiger partial charge on any atom is -0.444 e. The third-order valence-corrected chi connectivity index (χ3v) is 3.36. The molecule has 5 nitrogen and oxygen atoms in total. The molecule has 0 aromatic carbocycles. The standard InChI is InChI=1S/C13H24N2O3/c1-9-11(5-6-17-9)14-10-7-15(8-10)12(16)18-13(2,3)4/h9-11,14H,5-8H2,1-4H3. The van der Waals surface area contributed by atoms with Gasteiger partial charge in [0.2, 0.25) is 0 Å². The second-order valence-electron chi connectivity index (χ2n) is 6.22. The van der Waals surface area contributed by atoms with Crippen LogP contribution in [0.4, 0.5) is 4.79 Å². The SMILES string of the molecule is CC1OCCC1NC1CN(C(=O)OC(C)(C)C)C1. The van der Waals surface area contributed by atoms with Gasteiger partial charge in [0.15, 0.2) is 0 Å². The quantitative estimate of drug-likeness (QED) is 0.811. The normalized spacial score (nSPS) is 29.2. The number of amides is 1. The smallest absolute Gasteiger partial charge is 0.410 e. The van der Waals surface area contributed by atoms with Crippen LogP contribution in [-0.2, 0) is 9.47 Å². The van der Waals surface area contributed by atoms with Crippen molar-refractivity contribution in [2.24, 2.45) is 0 Å². The molecule has 2 fully saturated rings. The number of ether oxygens (including phenoxy) is 2. The van der Waals surface area contributed by atoms with Crippen LogP contribution in [0.2, 0.25) is 0 Å². The van der Waals surface area contributed by atoms with Gasteiger partial charge in [0.1, 0.15) is 5.60 Å². The highest BCUT2D eigenvalue weighted by molar-refractivity contribution is 5.69. The van der Waals surface area contributed by atoms with E-state index in [-0.39, 0.29) is 12.2 Å². The number of likely N-dealkylation sites (tertiary alicyclic amines) is 1. The Morgan fingerprint density at radius 2 is 2.06 bits per heavy atom. The van der Waals surface area contributed by atoms with E-state index >= 15 is 0 Å². The lowest BCUT2D eigenvalue weighted by Gasteiger charge is -2.41. The molecule has 2 unspecified atom stereocenters. The molecule has 0 radical (unpaired) electrons. The van der Waals surface area contributed by atoms with Gasteiger partial charge in [-0.25, -0.2) is 4.79 Å². The van der Waals surface area contributed by atoms with Crippen LogP contribution in [0, 0.1) is 0 Å². The molecule has 0 bridgehead atoms. The summed E-state index contributed by atoms with van der Waals surface area (Å²) in [5.41, 5.74) is -0.413. The van der Waals surface area contributed by atoms with E-state index in [2.05, 4.69) is 12.2 Å². The van der Waals surface area contributed by atoms with Gasteiger partial charge in [0, 0.05) is 31.8 Å². The lowest BCUT2D eigenvalue weighted by Crippen LogP contribution is -2.63. The van der Waals surface area contributed by atoms with Crippen molar-refractivity contribution in [1.82, 2.24) is 10.2 Å². The third kappa shape index (κ3) is 3.36. The van der Waals surface area contributed by atoms with Crippen LogP contribution >= 0.6 is 0 Å². The molecule has 0 aromatic rings. The maximum absolute atomic E-state index is 11.7. The average Bonchev–Trinajstić information content (AvgIpc) is 2.54. The molecular formula is C13H24N2O3. The molecule has 0 aliphatic carbocycles. The molecule has 2 heterocycles. The number of hydrogen-bond acceptors (Lipinski definition) is 4. The lowest BCUT2D eigenvalue weighted by atomic mass is 10.1. The largest absolute Gasteiger partial charge is 0.444 e. The Balaban J connectivity index is 1.69. The molecule has 2 rings (SSSR count). The first-order chi connectivity index (χ1) is 8.35. The Kier molecular flexibility index (Phi) is 3.82. The number of nitrogens with zero attached hydrogens (tertiary/aromatic N) is 1. The van der Waals surface area contributed by atoms with Gasteiger partial charge in [-0.3, -0.25) is 0 Å². The van der Waals surface area contributed by atoms with E-state index < -0.39 is 5.60 Å². The second-order valence-corrected chi connectivity index (χ2v) is 6.22. The first-order valence-corrected chi connectivity index (χ1v) is 6.71. The fraction of sp³-hybridized carbons (Fsp3) is 0.923. The minimum atomic E-state index is -0.413. The monoisotopic (exact) mass is 256 g/mol. The van der Waals surface area contributed by atoms with E-state index in [0.717, 1.165) is 26.1 Å². The minimum absolute atomic E-state index is 0.212. The van der Waals surface area contributed by atoms with Crippen molar-refractivity contribution < 1.29 is 14.3 Å². The molecule has 2 saturated heterocycles. The van der Waals surface area contributed by atoms with Crippen LogP contribution in [0.15, 0.2) is 0 Å². The Labute approximate surface area is 109 Å². The number of hydrogen-bond donors (Lipinski definition) is 1. The Morgan fingerprint density at radius 1 is 1.39 bits per heavy atom. The molecule has 104 valence electrons. The maximum atomic E-state index is 11.7. The van der Waals surface area contributed by atoms with Crippen molar-refractivity contribution in [3.63, 3.8) is 0 Å². The van der Waals surface area contributed by atoms with Gasteiger partial charge in [-0.05, 0) is 34.1 Å². The van der Waals surface area contributed by atoms with Crippen LogP contribution in [0.1, 0.15) is 34.1 Å². The molecule has 1 N–H and O–H groups in total. The summed E-state index contributed by atoms with van der Waals surface area (Å²) in [5, 5.41) is 3.54. The molecule has 5 heteroatoms. The van der Waals surface area contributed by atoms with Gasteiger partial charge in [0.25, 0.3) is 0 Å². The molecule has 0 aromatic heterocycles. The fourth-order valence-corrected chi connectivity index (χ4v) is 2.31. The highest BCUT2D eigenvalue weighted by Gasteiger charge is 2.36. The van der Waals surface area contributed by atoms with Gasteiger partial charge in [-0.15, -0.1) is 0 Å². The summed E-state index contributed by atoms with van der Waals surface area (Å²) in [6, 6.07) is 0.808. The molecule has 18 heavy (non-hydrogen) atoms. The van der Waals surface area contributed by atoms with Crippen molar-refractivity contribution in [1.29, 1.82) is 0 Å². The van der Waals surface area contributed by atoms with Crippen molar-refractivity contribution in [3.05, 3.63) is 0 Å². The van der Waals surface area contributed by atoms with E-state index in [4.69, 9.17) is 9.47 Å². The summed E-state index contributed by atoms with van der Waals surface area (Å²) in [6.07, 6.45) is 1.13. The highest BCUT2D eigenvalue weighted by Crippen LogP contribution is 2.18. The topological polar surface area (TPSA) is 50.8 Å². The van der Waals surface area contributed by atoms with Crippen LogP contribution in [-0.4, -0.2) is 54.5 Å². The summed E-state index contributed by atoms with van der Waals surface area (Å²) in [7, 11) is 0. The first-order valence-electron chi connectivity index (χ1n) is 6.71. The second kappa shape index (κ2) is 5.05. The summed E-state index contributed by atoms with van der Waals surface area (Å²) < 4.78 is 10.8. The van der Waals surface area contributed by atoms with E-state index in [1.165, 1.54) is 0 Å². The molecule has 1 amide bonds. The van der Waals surface area contributed by atoms with Gasteiger partial charge >= 0.3 is 6.09 Å². The first kappa shape index (κ1) is 13.6. The highest BCUT2D eigenvalue weighted by atomic mass is 16.6. The molecule has 2 aliphatic heterocycles. The number of carbonyl (C=O) groups excluding carboxylic acids is 1.